The van der Waals surface area contributed by atoms with Crippen molar-refractivity contribution in [2.45, 2.75) is 57.3 Å². The molecule has 0 N–H and O–H groups in total. The summed E-state index contributed by atoms with van der Waals surface area (Å²) in [4.78, 5) is 16.3. The average Bonchev–Trinajstić information content (AvgIpc) is 2.86. The molecule has 0 spiro atoms. The van der Waals surface area contributed by atoms with Crippen molar-refractivity contribution in [1.29, 1.82) is 0 Å². The van der Waals surface area contributed by atoms with Gasteiger partial charge in [-0.25, -0.2) is 0 Å². The van der Waals surface area contributed by atoms with Gasteiger partial charge >= 0.3 is 0 Å². The molecule has 22 heavy (non-hydrogen) atoms. The molecule has 0 unspecified atom stereocenters. The van der Waals surface area contributed by atoms with Gasteiger partial charge in [0.05, 0.1) is 12.2 Å². The first-order valence-electron chi connectivity index (χ1n) is 8.58. The van der Waals surface area contributed by atoms with Gasteiger partial charge in [-0.2, -0.15) is 0 Å². The van der Waals surface area contributed by atoms with Crippen LogP contribution >= 0.6 is 0 Å². The maximum atomic E-state index is 12.2. The van der Waals surface area contributed by atoms with Crippen LogP contribution in [0.5, 0.6) is 0 Å². The van der Waals surface area contributed by atoms with E-state index >= 15 is 0 Å². The number of amides is 1. The molecule has 1 aliphatic carbocycles. The van der Waals surface area contributed by atoms with Crippen molar-refractivity contribution < 1.29 is 14.3 Å². The van der Waals surface area contributed by atoms with Crippen LogP contribution in [0.3, 0.4) is 0 Å². The molecule has 0 aromatic rings. The Morgan fingerprint density at radius 1 is 1.23 bits per heavy atom. The number of hydrogen-bond acceptors (Lipinski definition) is 4. The summed E-state index contributed by atoms with van der Waals surface area (Å²) < 4.78 is 11.2. The standard InChI is InChI=1S/C17H32N2O3/c1-13-5-7-15(8-6-13)22-12-17(20)19(3)10-14-9-16(21-4)11-18(14)2/h13-16H,5-12H2,1-4H3/t13?,14-,15?,16-/m0/s1. The van der Waals surface area contributed by atoms with E-state index in [1.807, 2.05) is 11.9 Å². The van der Waals surface area contributed by atoms with E-state index in [9.17, 15) is 4.79 Å². The average molecular weight is 312 g/mol. The molecule has 2 aliphatic rings. The highest BCUT2D eigenvalue weighted by Gasteiger charge is 2.31. The van der Waals surface area contributed by atoms with E-state index in [2.05, 4.69) is 18.9 Å². The van der Waals surface area contributed by atoms with Crippen molar-refractivity contribution in [2.24, 2.45) is 5.92 Å². The van der Waals surface area contributed by atoms with Crippen LogP contribution in [0.25, 0.3) is 0 Å². The maximum Gasteiger partial charge on any atom is 0.248 e. The third kappa shape index (κ3) is 4.93. The highest BCUT2D eigenvalue weighted by Crippen LogP contribution is 2.25. The first-order valence-corrected chi connectivity index (χ1v) is 8.58. The number of methoxy groups -OCH3 is 1. The third-order valence-corrected chi connectivity index (χ3v) is 5.30. The Morgan fingerprint density at radius 3 is 2.50 bits per heavy atom. The largest absolute Gasteiger partial charge is 0.380 e. The fraction of sp³-hybridized carbons (Fsp3) is 0.941. The van der Waals surface area contributed by atoms with Gasteiger partial charge in [-0.15, -0.1) is 0 Å². The van der Waals surface area contributed by atoms with Crippen LogP contribution in [0, 0.1) is 5.92 Å². The number of carbonyl (C=O) groups is 1. The first kappa shape index (κ1) is 17.7. The molecule has 1 amide bonds. The minimum absolute atomic E-state index is 0.0906. The van der Waals surface area contributed by atoms with Crippen molar-refractivity contribution in [1.82, 2.24) is 9.80 Å². The maximum absolute atomic E-state index is 12.2. The molecule has 1 saturated heterocycles. The van der Waals surface area contributed by atoms with Crippen molar-refractivity contribution in [2.75, 3.05) is 40.9 Å². The monoisotopic (exact) mass is 312 g/mol. The Balaban J connectivity index is 1.68. The molecule has 2 fully saturated rings. The van der Waals surface area contributed by atoms with Gasteiger partial charge in [0, 0.05) is 33.3 Å². The van der Waals surface area contributed by atoms with Gasteiger partial charge in [0.25, 0.3) is 0 Å². The van der Waals surface area contributed by atoms with Crippen LogP contribution in [0.2, 0.25) is 0 Å². The third-order valence-electron chi connectivity index (χ3n) is 5.30. The van der Waals surface area contributed by atoms with Crippen LogP contribution in [0.4, 0.5) is 0 Å². The van der Waals surface area contributed by atoms with Gasteiger partial charge in [-0.05, 0) is 45.1 Å². The van der Waals surface area contributed by atoms with E-state index < -0.39 is 0 Å². The van der Waals surface area contributed by atoms with Crippen molar-refractivity contribution in [3.05, 3.63) is 0 Å². The number of ether oxygens (including phenoxy) is 2. The molecule has 1 saturated carbocycles. The summed E-state index contributed by atoms with van der Waals surface area (Å²) >= 11 is 0. The minimum atomic E-state index is 0.0906. The number of likely N-dealkylation sites (tertiary alicyclic amines) is 1. The second-order valence-electron chi connectivity index (χ2n) is 7.15. The number of rotatable bonds is 6. The van der Waals surface area contributed by atoms with Crippen LogP contribution < -0.4 is 0 Å². The molecule has 0 aromatic heterocycles. The zero-order valence-electron chi connectivity index (χ0n) is 14.6. The van der Waals surface area contributed by atoms with Crippen molar-refractivity contribution in [3.8, 4) is 0 Å². The Hall–Kier alpha value is -0.650. The van der Waals surface area contributed by atoms with Crippen molar-refractivity contribution >= 4 is 5.91 Å². The van der Waals surface area contributed by atoms with Gasteiger partial charge in [0.1, 0.15) is 6.61 Å². The molecule has 2 rings (SSSR count). The van der Waals surface area contributed by atoms with Crippen LogP contribution in [-0.4, -0.2) is 74.9 Å². The number of likely N-dealkylation sites (N-methyl/N-ethyl adjacent to an activating group) is 2. The summed E-state index contributed by atoms with van der Waals surface area (Å²) in [5.41, 5.74) is 0. The Kier molecular flexibility index (Phi) is 6.66. The molecule has 0 bridgehead atoms. The summed E-state index contributed by atoms with van der Waals surface area (Å²) in [6.07, 6.45) is 6.20. The molecule has 5 heteroatoms. The van der Waals surface area contributed by atoms with E-state index in [4.69, 9.17) is 9.47 Å². The Labute approximate surface area is 134 Å². The lowest BCUT2D eigenvalue weighted by Crippen LogP contribution is -2.41. The predicted octanol–water partition coefficient (Wildman–Crippen LogP) is 1.76. The second-order valence-corrected chi connectivity index (χ2v) is 7.15. The topological polar surface area (TPSA) is 42.0 Å². The van der Waals surface area contributed by atoms with E-state index in [1.54, 1.807) is 7.11 Å². The fourth-order valence-corrected chi connectivity index (χ4v) is 3.53. The summed E-state index contributed by atoms with van der Waals surface area (Å²) in [7, 11) is 5.74. The zero-order valence-corrected chi connectivity index (χ0v) is 14.6. The molecular formula is C17H32N2O3. The molecule has 1 heterocycles. The Bertz CT molecular complexity index is 356. The second kappa shape index (κ2) is 8.27. The fourth-order valence-electron chi connectivity index (χ4n) is 3.53. The van der Waals surface area contributed by atoms with Gasteiger partial charge in [0.2, 0.25) is 5.91 Å². The first-order chi connectivity index (χ1) is 10.5. The molecule has 128 valence electrons. The van der Waals surface area contributed by atoms with E-state index in [-0.39, 0.29) is 18.6 Å². The summed E-state index contributed by atoms with van der Waals surface area (Å²) in [5.74, 6) is 0.901. The number of carbonyl (C=O) groups excluding carboxylic acids is 1. The van der Waals surface area contributed by atoms with E-state index in [0.29, 0.717) is 12.1 Å². The van der Waals surface area contributed by atoms with Crippen LogP contribution in [-0.2, 0) is 14.3 Å². The van der Waals surface area contributed by atoms with Gasteiger partial charge < -0.3 is 14.4 Å². The summed E-state index contributed by atoms with van der Waals surface area (Å²) in [6.45, 7) is 4.21. The molecule has 0 radical (unpaired) electrons. The SMILES string of the molecule is CO[C@H]1C[C@@H](CN(C)C(=O)COC2CCC(C)CC2)N(C)C1. The minimum Gasteiger partial charge on any atom is -0.380 e. The number of hydrogen-bond donors (Lipinski definition) is 0. The quantitative estimate of drug-likeness (QED) is 0.749. The van der Waals surface area contributed by atoms with Gasteiger partial charge in [-0.3, -0.25) is 9.69 Å². The zero-order chi connectivity index (χ0) is 16.1. The Morgan fingerprint density at radius 2 is 1.91 bits per heavy atom. The van der Waals surface area contributed by atoms with Crippen molar-refractivity contribution in [3.63, 3.8) is 0 Å². The highest BCUT2D eigenvalue weighted by atomic mass is 16.5. The van der Waals surface area contributed by atoms with Crippen LogP contribution in [0.1, 0.15) is 39.0 Å². The highest BCUT2D eigenvalue weighted by molar-refractivity contribution is 5.77. The van der Waals surface area contributed by atoms with E-state index in [1.165, 1.54) is 12.8 Å². The normalized spacial score (nSPS) is 33.1. The van der Waals surface area contributed by atoms with Crippen LogP contribution in [0.15, 0.2) is 0 Å². The van der Waals surface area contributed by atoms with E-state index in [0.717, 1.165) is 38.3 Å². The smallest absolute Gasteiger partial charge is 0.248 e. The molecule has 0 aromatic carbocycles. The van der Waals surface area contributed by atoms with Gasteiger partial charge in [-0.1, -0.05) is 6.92 Å². The lowest BCUT2D eigenvalue weighted by Gasteiger charge is -2.28. The summed E-state index contributed by atoms with van der Waals surface area (Å²) in [6, 6.07) is 0.384. The predicted molar refractivity (Wildman–Crippen MR) is 86.8 cm³/mol. The molecule has 5 nitrogen and oxygen atoms in total. The molecule has 2 atom stereocenters. The lowest BCUT2D eigenvalue weighted by atomic mass is 9.89. The lowest BCUT2D eigenvalue weighted by molar-refractivity contribution is -0.138. The van der Waals surface area contributed by atoms with Gasteiger partial charge in [0.15, 0.2) is 0 Å². The summed E-state index contributed by atoms with van der Waals surface area (Å²) in [5, 5.41) is 0. The molecular weight excluding hydrogens is 280 g/mol. The molecule has 1 aliphatic heterocycles. The number of nitrogens with zero attached hydrogens (tertiary/aromatic N) is 2.